The average molecular weight is 395 g/mol. The fraction of sp³-hybridized carbons (Fsp3) is 0.0769. The van der Waals surface area contributed by atoms with Crippen molar-refractivity contribution in [2.24, 2.45) is 0 Å². The summed E-state index contributed by atoms with van der Waals surface area (Å²) in [7, 11) is -0.797. The first-order valence-electron chi connectivity index (χ1n) is 9.71. The SMILES string of the molecule is O=C(C[C@H](c1ccccn1)P(c1ccccc1)c1ccccc1)c1ccccc1. The molecule has 142 valence electrons. The maximum Gasteiger partial charge on any atom is 0.163 e. The summed E-state index contributed by atoms with van der Waals surface area (Å²) in [6.07, 6.45) is 2.25. The molecule has 0 fully saturated rings. The van der Waals surface area contributed by atoms with Crippen molar-refractivity contribution in [2.45, 2.75) is 12.1 Å². The van der Waals surface area contributed by atoms with E-state index < -0.39 is 7.92 Å². The van der Waals surface area contributed by atoms with Gasteiger partial charge in [-0.15, -0.1) is 0 Å². The monoisotopic (exact) mass is 395 g/mol. The van der Waals surface area contributed by atoms with Crippen LogP contribution in [0.4, 0.5) is 0 Å². The molecule has 0 N–H and O–H groups in total. The molecule has 0 aliphatic rings. The lowest BCUT2D eigenvalue weighted by atomic mass is 10.0. The summed E-state index contributed by atoms with van der Waals surface area (Å²) in [5.41, 5.74) is 1.73. The van der Waals surface area contributed by atoms with Gasteiger partial charge in [-0.1, -0.05) is 97.1 Å². The standard InChI is InChI=1S/C26H22NOP/c28-25(21-12-4-1-5-13-21)20-26(24-18-10-11-19-27-24)29(22-14-6-2-7-15-22)23-16-8-3-9-17-23/h1-19,26H,20H2/t26-/m1/s1. The zero-order chi connectivity index (χ0) is 19.9. The lowest BCUT2D eigenvalue weighted by molar-refractivity contribution is 0.0981. The van der Waals surface area contributed by atoms with E-state index in [1.807, 2.05) is 66.9 Å². The van der Waals surface area contributed by atoms with Crippen LogP contribution in [0.2, 0.25) is 0 Å². The largest absolute Gasteiger partial charge is 0.294 e. The number of hydrogen-bond acceptors (Lipinski definition) is 2. The molecule has 3 heteroatoms. The quantitative estimate of drug-likeness (QED) is 0.304. The van der Waals surface area contributed by atoms with Gasteiger partial charge in [-0.2, -0.15) is 0 Å². The van der Waals surface area contributed by atoms with E-state index in [1.165, 1.54) is 10.6 Å². The summed E-state index contributed by atoms with van der Waals surface area (Å²) in [6.45, 7) is 0. The van der Waals surface area contributed by atoms with E-state index in [4.69, 9.17) is 0 Å². The molecule has 2 nitrogen and oxygen atoms in total. The van der Waals surface area contributed by atoms with E-state index in [2.05, 4.69) is 53.5 Å². The van der Waals surface area contributed by atoms with Crippen LogP contribution in [-0.4, -0.2) is 10.8 Å². The second kappa shape index (κ2) is 9.41. The molecule has 0 aliphatic heterocycles. The number of ketones is 1. The smallest absolute Gasteiger partial charge is 0.163 e. The van der Waals surface area contributed by atoms with Gasteiger partial charge in [0.1, 0.15) is 0 Å². The van der Waals surface area contributed by atoms with Gasteiger partial charge in [0.15, 0.2) is 5.78 Å². The number of benzene rings is 3. The molecule has 4 rings (SSSR count). The van der Waals surface area contributed by atoms with Gasteiger partial charge in [0, 0.05) is 29.5 Å². The van der Waals surface area contributed by atoms with Gasteiger partial charge in [-0.05, 0) is 30.7 Å². The van der Waals surface area contributed by atoms with Crippen LogP contribution < -0.4 is 10.6 Å². The number of pyridine rings is 1. The van der Waals surface area contributed by atoms with Crippen molar-refractivity contribution in [3.05, 3.63) is 127 Å². The summed E-state index contributed by atoms with van der Waals surface area (Å²) in [6, 6.07) is 36.6. The van der Waals surface area contributed by atoms with Gasteiger partial charge in [0.25, 0.3) is 0 Å². The number of rotatable bonds is 7. The Bertz CT molecular complexity index is 998. The molecule has 0 saturated heterocycles. The number of aromatic nitrogens is 1. The Morgan fingerprint density at radius 1 is 0.690 bits per heavy atom. The number of carbonyl (C=O) groups excluding carboxylic acids is 1. The molecule has 0 aliphatic carbocycles. The van der Waals surface area contributed by atoms with Gasteiger partial charge in [-0.25, -0.2) is 0 Å². The van der Waals surface area contributed by atoms with Gasteiger partial charge >= 0.3 is 0 Å². The molecule has 0 unspecified atom stereocenters. The number of hydrogen-bond donors (Lipinski definition) is 0. The van der Waals surface area contributed by atoms with Crippen LogP contribution in [0.5, 0.6) is 0 Å². The molecule has 1 heterocycles. The lowest BCUT2D eigenvalue weighted by Gasteiger charge is -2.28. The number of Topliss-reactive ketones (excluding diaryl/α,β-unsaturated/α-hetero) is 1. The Balaban J connectivity index is 1.80. The van der Waals surface area contributed by atoms with Crippen molar-refractivity contribution < 1.29 is 4.79 Å². The van der Waals surface area contributed by atoms with E-state index >= 15 is 0 Å². The van der Waals surface area contributed by atoms with Crippen LogP contribution in [0.25, 0.3) is 0 Å². The van der Waals surface area contributed by atoms with E-state index in [9.17, 15) is 4.79 Å². The summed E-state index contributed by atoms with van der Waals surface area (Å²) < 4.78 is 0. The third-order valence-electron chi connectivity index (χ3n) is 4.88. The van der Waals surface area contributed by atoms with E-state index in [0.717, 1.165) is 11.3 Å². The van der Waals surface area contributed by atoms with Crippen molar-refractivity contribution in [1.29, 1.82) is 0 Å². The van der Waals surface area contributed by atoms with Gasteiger partial charge in [0.05, 0.1) is 0 Å². The van der Waals surface area contributed by atoms with Crippen molar-refractivity contribution in [3.8, 4) is 0 Å². The zero-order valence-corrected chi connectivity index (χ0v) is 17.0. The van der Waals surface area contributed by atoms with Crippen LogP contribution in [0.15, 0.2) is 115 Å². The van der Waals surface area contributed by atoms with Gasteiger partial charge in [0.2, 0.25) is 0 Å². The second-order valence-corrected chi connectivity index (χ2v) is 9.20. The molecular formula is C26H22NOP. The minimum atomic E-state index is -0.797. The Morgan fingerprint density at radius 3 is 1.72 bits per heavy atom. The minimum Gasteiger partial charge on any atom is -0.294 e. The summed E-state index contributed by atoms with van der Waals surface area (Å²) in [5.74, 6) is 0.153. The van der Waals surface area contributed by atoms with Crippen molar-refractivity contribution in [2.75, 3.05) is 0 Å². The Hall–Kier alpha value is -3.09. The van der Waals surface area contributed by atoms with Crippen molar-refractivity contribution >= 4 is 24.3 Å². The first-order chi connectivity index (χ1) is 14.3. The van der Waals surface area contributed by atoms with Gasteiger partial charge in [-0.3, -0.25) is 9.78 Å². The summed E-state index contributed by atoms with van der Waals surface area (Å²) >= 11 is 0. The minimum absolute atomic E-state index is 0.00343. The Morgan fingerprint density at radius 2 is 1.21 bits per heavy atom. The molecule has 0 amide bonds. The fourth-order valence-electron chi connectivity index (χ4n) is 3.50. The predicted molar refractivity (Wildman–Crippen MR) is 121 cm³/mol. The molecule has 3 aromatic carbocycles. The van der Waals surface area contributed by atoms with Crippen LogP contribution in [0, 0.1) is 0 Å². The average Bonchev–Trinajstić information content (AvgIpc) is 2.81. The van der Waals surface area contributed by atoms with E-state index in [1.54, 1.807) is 0 Å². The van der Waals surface area contributed by atoms with Crippen LogP contribution >= 0.6 is 7.92 Å². The first-order valence-corrected chi connectivity index (χ1v) is 11.1. The van der Waals surface area contributed by atoms with Crippen molar-refractivity contribution in [1.82, 2.24) is 4.98 Å². The van der Waals surface area contributed by atoms with Gasteiger partial charge < -0.3 is 0 Å². The number of nitrogens with zero attached hydrogens (tertiary/aromatic N) is 1. The highest BCUT2D eigenvalue weighted by Gasteiger charge is 2.29. The normalized spacial score (nSPS) is 11.9. The molecule has 1 atom stereocenters. The molecular weight excluding hydrogens is 373 g/mol. The topological polar surface area (TPSA) is 30.0 Å². The molecule has 1 aromatic heterocycles. The molecule has 0 bridgehead atoms. The zero-order valence-electron chi connectivity index (χ0n) is 16.1. The van der Waals surface area contributed by atoms with Crippen molar-refractivity contribution in [3.63, 3.8) is 0 Å². The third kappa shape index (κ3) is 4.67. The molecule has 29 heavy (non-hydrogen) atoms. The highest BCUT2D eigenvalue weighted by Crippen LogP contribution is 2.51. The first kappa shape index (κ1) is 19.2. The molecule has 0 radical (unpaired) electrons. The van der Waals surface area contributed by atoms with E-state index in [-0.39, 0.29) is 11.4 Å². The second-order valence-electron chi connectivity index (χ2n) is 6.80. The highest BCUT2D eigenvalue weighted by atomic mass is 31.1. The predicted octanol–water partition coefficient (Wildman–Crippen LogP) is 5.53. The summed E-state index contributed by atoms with van der Waals surface area (Å²) in [5, 5.41) is 2.51. The maximum atomic E-state index is 13.2. The number of carbonyl (C=O) groups is 1. The molecule has 4 aromatic rings. The van der Waals surface area contributed by atoms with E-state index in [0.29, 0.717) is 6.42 Å². The Kier molecular flexibility index (Phi) is 6.24. The van der Waals surface area contributed by atoms with Crippen LogP contribution in [0.1, 0.15) is 28.1 Å². The highest BCUT2D eigenvalue weighted by molar-refractivity contribution is 7.73. The van der Waals surface area contributed by atoms with Crippen LogP contribution in [0.3, 0.4) is 0 Å². The molecule has 0 spiro atoms. The summed E-state index contributed by atoms with van der Waals surface area (Å²) in [4.78, 5) is 17.8. The fourth-order valence-corrected chi connectivity index (χ4v) is 6.28. The maximum absolute atomic E-state index is 13.2. The molecule has 0 saturated carbocycles. The third-order valence-corrected chi connectivity index (χ3v) is 7.66. The lowest BCUT2D eigenvalue weighted by Crippen LogP contribution is -2.20. The Labute approximate surface area is 173 Å². The van der Waals surface area contributed by atoms with Crippen LogP contribution in [-0.2, 0) is 0 Å².